The molecular formula is C26H31FN6O6. The lowest BCUT2D eigenvalue weighted by atomic mass is 9.68. The number of carbonyl (C=O) groups excluding carboxylic acids is 4. The number of benzene rings is 1. The molecule has 13 heteroatoms. The number of nitrogens with one attached hydrogen (secondary N) is 2. The third kappa shape index (κ3) is 4.84. The number of likely N-dealkylation sites (N-methyl/N-ethyl adjacent to an activating group) is 1. The molecule has 4 amide bonds. The van der Waals surface area contributed by atoms with E-state index in [0.717, 1.165) is 4.90 Å². The molecule has 1 fully saturated rings. The normalized spacial score (nSPS) is 21.4. The van der Waals surface area contributed by atoms with Gasteiger partial charge in [-0.25, -0.2) is 9.37 Å². The van der Waals surface area contributed by atoms with Crippen LogP contribution in [0.5, 0.6) is 5.75 Å². The van der Waals surface area contributed by atoms with Crippen LogP contribution in [0.25, 0.3) is 0 Å². The molecule has 0 atom stereocenters. The SMILES string of the molecule is COc1c(C(=O)NCc2ccc(F)c(C)c2)nc2n(c1=O)CC1(C(N)=O)CCC2(NC(=O)C(=O)N(C)C)CC1. The number of aromatic nitrogens is 2. The average molecular weight is 543 g/mol. The van der Waals surface area contributed by atoms with Crippen molar-refractivity contribution in [2.24, 2.45) is 11.1 Å². The number of carbonyl (C=O) groups is 4. The number of aryl methyl sites for hydroxylation is 1. The van der Waals surface area contributed by atoms with E-state index >= 15 is 0 Å². The van der Waals surface area contributed by atoms with E-state index in [4.69, 9.17) is 10.5 Å². The molecule has 3 heterocycles. The van der Waals surface area contributed by atoms with Crippen molar-refractivity contribution in [2.75, 3.05) is 21.2 Å². The maximum absolute atomic E-state index is 13.7. The number of halogens is 1. The summed E-state index contributed by atoms with van der Waals surface area (Å²) in [6, 6.07) is 4.39. The van der Waals surface area contributed by atoms with Gasteiger partial charge in [-0.05, 0) is 49.8 Å². The maximum Gasteiger partial charge on any atom is 0.311 e. The van der Waals surface area contributed by atoms with Crippen molar-refractivity contribution in [3.05, 3.63) is 57.0 Å². The fourth-order valence-corrected chi connectivity index (χ4v) is 5.29. The summed E-state index contributed by atoms with van der Waals surface area (Å²) in [5, 5.41) is 5.41. The number of nitrogens with two attached hydrogens (primary N) is 1. The zero-order chi connectivity index (χ0) is 28.7. The Bertz CT molecular complexity index is 1430. The highest BCUT2D eigenvalue weighted by atomic mass is 19.1. The number of amides is 4. The van der Waals surface area contributed by atoms with E-state index in [9.17, 15) is 28.4 Å². The molecule has 1 aromatic carbocycles. The van der Waals surface area contributed by atoms with Crippen LogP contribution in [0.2, 0.25) is 0 Å². The second-order valence-corrected chi connectivity index (χ2v) is 10.4. The Hall–Kier alpha value is -4.29. The Morgan fingerprint density at radius 3 is 2.41 bits per heavy atom. The predicted octanol–water partition coefficient (Wildman–Crippen LogP) is 0.0884. The first-order chi connectivity index (χ1) is 18.3. The molecule has 0 spiro atoms. The number of hydrogen-bond acceptors (Lipinski definition) is 7. The lowest BCUT2D eigenvalue weighted by Gasteiger charge is -2.40. The minimum absolute atomic E-state index is 0.0210. The third-order valence-electron chi connectivity index (χ3n) is 7.65. The summed E-state index contributed by atoms with van der Waals surface area (Å²) in [7, 11) is 4.07. The molecule has 5 rings (SSSR count). The van der Waals surface area contributed by atoms with Gasteiger partial charge < -0.3 is 26.0 Å². The molecule has 2 aliphatic heterocycles. The first kappa shape index (κ1) is 27.7. The Kier molecular flexibility index (Phi) is 7.19. The Morgan fingerprint density at radius 1 is 1.18 bits per heavy atom. The van der Waals surface area contributed by atoms with Crippen LogP contribution in [0.15, 0.2) is 23.0 Å². The molecule has 208 valence electrons. The average Bonchev–Trinajstić information content (AvgIpc) is 3.13. The number of methoxy groups -OCH3 is 1. The molecule has 4 N–H and O–H groups in total. The maximum atomic E-state index is 13.7. The van der Waals surface area contributed by atoms with Gasteiger partial charge in [-0.2, -0.15) is 0 Å². The fraction of sp³-hybridized carbons (Fsp3) is 0.462. The van der Waals surface area contributed by atoms with Gasteiger partial charge in [0, 0.05) is 27.2 Å². The molecule has 3 aliphatic rings. The predicted molar refractivity (Wildman–Crippen MR) is 136 cm³/mol. The van der Waals surface area contributed by atoms with Crippen molar-refractivity contribution in [1.29, 1.82) is 0 Å². The van der Waals surface area contributed by atoms with Gasteiger partial charge in [-0.3, -0.25) is 28.5 Å². The number of rotatable bonds is 6. The molecule has 0 unspecified atom stereocenters. The van der Waals surface area contributed by atoms with Crippen molar-refractivity contribution in [1.82, 2.24) is 25.1 Å². The minimum Gasteiger partial charge on any atom is -0.489 e. The Labute approximate surface area is 223 Å². The summed E-state index contributed by atoms with van der Waals surface area (Å²) < 4.78 is 20.1. The Balaban J connectivity index is 1.80. The highest BCUT2D eigenvalue weighted by molar-refractivity contribution is 6.35. The Morgan fingerprint density at radius 2 is 1.85 bits per heavy atom. The van der Waals surface area contributed by atoms with E-state index < -0.39 is 40.1 Å². The standard InChI is InChI=1S/C26H31FN6O6/c1-14-11-15(5-6-16(14)27)12-29-19(34)17-18(39-4)21(36)33-13-25(23(28)38)7-9-26(10-8-25,24(33)30-17)31-20(35)22(37)32(2)3/h5-6,11H,7-10,12-13H2,1-4H3,(H2,28,38)(H,29,34)(H,31,35). The van der Waals surface area contributed by atoms with Crippen LogP contribution >= 0.6 is 0 Å². The van der Waals surface area contributed by atoms with E-state index in [1.807, 2.05) is 0 Å². The van der Waals surface area contributed by atoms with Gasteiger partial charge in [0.2, 0.25) is 11.7 Å². The molecular weight excluding hydrogens is 511 g/mol. The monoisotopic (exact) mass is 542 g/mol. The van der Waals surface area contributed by atoms with Gasteiger partial charge >= 0.3 is 11.8 Å². The van der Waals surface area contributed by atoms with E-state index in [2.05, 4.69) is 15.6 Å². The van der Waals surface area contributed by atoms with Gasteiger partial charge in [0.15, 0.2) is 5.69 Å². The van der Waals surface area contributed by atoms with Crippen molar-refractivity contribution in [3.8, 4) is 5.75 Å². The second kappa shape index (κ2) is 10.1. The summed E-state index contributed by atoms with van der Waals surface area (Å²) in [6.45, 7) is 1.50. The van der Waals surface area contributed by atoms with Gasteiger partial charge in [0.25, 0.3) is 11.5 Å². The van der Waals surface area contributed by atoms with E-state index in [-0.39, 0.29) is 61.9 Å². The summed E-state index contributed by atoms with van der Waals surface area (Å²) in [5.41, 5.74) is 3.37. The van der Waals surface area contributed by atoms with Crippen LogP contribution in [0, 0.1) is 18.2 Å². The topological polar surface area (TPSA) is 166 Å². The highest BCUT2D eigenvalue weighted by Crippen LogP contribution is 2.49. The summed E-state index contributed by atoms with van der Waals surface area (Å²) >= 11 is 0. The van der Waals surface area contributed by atoms with Crippen molar-refractivity contribution < 1.29 is 28.3 Å². The van der Waals surface area contributed by atoms with Crippen molar-refractivity contribution in [3.63, 3.8) is 0 Å². The molecule has 1 aromatic heterocycles. The van der Waals surface area contributed by atoms with Crippen LogP contribution in [0.4, 0.5) is 4.39 Å². The van der Waals surface area contributed by atoms with Crippen LogP contribution in [0.1, 0.15) is 53.1 Å². The smallest absolute Gasteiger partial charge is 0.311 e. The number of fused-ring (bicyclic) bond motifs is 2. The van der Waals surface area contributed by atoms with Crippen molar-refractivity contribution >= 4 is 23.6 Å². The molecule has 12 nitrogen and oxygen atoms in total. The first-order valence-corrected chi connectivity index (χ1v) is 12.4. The zero-order valence-corrected chi connectivity index (χ0v) is 22.2. The number of ether oxygens (including phenoxy) is 1. The number of hydrogen-bond donors (Lipinski definition) is 3. The fourth-order valence-electron chi connectivity index (χ4n) is 5.29. The van der Waals surface area contributed by atoms with Crippen LogP contribution in [-0.2, 0) is 33.0 Å². The molecule has 2 bridgehead atoms. The van der Waals surface area contributed by atoms with Crippen LogP contribution in [-0.4, -0.2) is 59.3 Å². The lowest BCUT2D eigenvalue weighted by molar-refractivity contribution is -0.146. The molecule has 1 aliphatic carbocycles. The van der Waals surface area contributed by atoms with Gasteiger partial charge in [0.1, 0.15) is 11.6 Å². The molecule has 39 heavy (non-hydrogen) atoms. The third-order valence-corrected chi connectivity index (χ3v) is 7.65. The zero-order valence-electron chi connectivity index (χ0n) is 22.2. The highest BCUT2D eigenvalue weighted by Gasteiger charge is 2.54. The number of nitrogens with zero attached hydrogens (tertiary/aromatic N) is 3. The van der Waals surface area contributed by atoms with Crippen LogP contribution in [0.3, 0.4) is 0 Å². The molecule has 0 radical (unpaired) electrons. The van der Waals surface area contributed by atoms with E-state index in [0.29, 0.717) is 11.1 Å². The van der Waals surface area contributed by atoms with Crippen LogP contribution < -0.4 is 26.7 Å². The quantitative estimate of drug-likeness (QED) is 0.435. The van der Waals surface area contributed by atoms with Gasteiger partial charge in [-0.1, -0.05) is 12.1 Å². The second-order valence-electron chi connectivity index (χ2n) is 10.4. The minimum atomic E-state index is -1.31. The van der Waals surface area contributed by atoms with Gasteiger partial charge in [-0.15, -0.1) is 0 Å². The molecule has 1 saturated carbocycles. The van der Waals surface area contributed by atoms with E-state index in [1.165, 1.54) is 37.9 Å². The lowest BCUT2D eigenvalue weighted by Crippen LogP contribution is -2.54. The van der Waals surface area contributed by atoms with E-state index in [1.54, 1.807) is 13.0 Å². The molecule has 0 saturated heterocycles. The van der Waals surface area contributed by atoms with Crippen molar-refractivity contribution in [2.45, 2.75) is 51.2 Å². The molecule has 2 aromatic rings. The van der Waals surface area contributed by atoms with Gasteiger partial charge in [0.05, 0.1) is 18.1 Å². The summed E-state index contributed by atoms with van der Waals surface area (Å²) in [6.07, 6.45) is 0.790. The summed E-state index contributed by atoms with van der Waals surface area (Å²) in [5.74, 6) is -3.74. The summed E-state index contributed by atoms with van der Waals surface area (Å²) in [4.78, 5) is 70.4. The number of primary amides is 1. The first-order valence-electron chi connectivity index (χ1n) is 12.4. The largest absolute Gasteiger partial charge is 0.489 e.